The maximum absolute atomic E-state index is 12.8. The van der Waals surface area contributed by atoms with Crippen LogP contribution in [0, 0.1) is 0 Å². The molecule has 2 aromatic rings. The molecular formula is C18H17NO2. The molecule has 0 saturated carbocycles. The van der Waals surface area contributed by atoms with Gasteiger partial charge in [-0.15, -0.1) is 0 Å². The van der Waals surface area contributed by atoms with Crippen molar-refractivity contribution < 1.29 is 9.53 Å². The first-order chi connectivity index (χ1) is 10.3. The monoisotopic (exact) mass is 279 g/mol. The zero-order valence-electron chi connectivity index (χ0n) is 11.8. The quantitative estimate of drug-likeness (QED) is 0.802. The second-order valence-electron chi connectivity index (χ2n) is 5.61. The lowest BCUT2D eigenvalue weighted by Gasteiger charge is -2.20. The highest BCUT2D eigenvalue weighted by atomic mass is 16.5. The van der Waals surface area contributed by atoms with Crippen LogP contribution in [0.25, 0.3) is 0 Å². The number of para-hydroxylation sites is 1. The van der Waals surface area contributed by atoms with Crippen LogP contribution < -0.4 is 9.64 Å². The van der Waals surface area contributed by atoms with Crippen LogP contribution in [-0.2, 0) is 12.8 Å². The van der Waals surface area contributed by atoms with Crippen LogP contribution in [0.3, 0.4) is 0 Å². The van der Waals surface area contributed by atoms with Gasteiger partial charge in [-0.05, 0) is 54.7 Å². The number of aryl methyl sites for hydroxylation is 1. The Morgan fingerprint density at radius 3 is 2.90 bits per heavy atom. The SMILES string of the molecule is O=C(c1ccc2c(c1)CCCO2)N1CCc2ccccc21. The molecule has 21 heavy (non-hydrogen) atoms. The Kier molecular flexibility index (Phi) is 2.92. The van der Waals surface area contributed by atoms with Crippen LogP contribution in [0.5, 0.6) is 5.75 Å². The third-order valence-corrected chi connectivity index (χ3v) is 4.29. The van der Waals surface area contributed by atoms with Gasteiger partial charge in [-0.25, -0.2) is 0 Å². The standard InChI is InChI=1S/C18H17NO2/c20-18(19-10-9-13-4-1-2-6-16(13)19)15-7-8-17-14(12-15)5-3-11-21-17/h1-2,4,6-8,12H,3,5,9-11H2. The molecule has 4 rings (SSSR count). The maximum Gasteiger partial charge on any atom is 0.258 e. The summed E-state index contributed by atoms with van der Waals surface area (Å²) in [4.78, 5) is 14.7. The van der Waals surface area contributed by atoms with Crippen molar-refractivity contribution >= 4 is 11.6 Å². The van der Waals surface area contributed by atoms with E-state index in [0.29, 0.717) is 0 Å². The molecule has 2 aromatic carbocycles. The summed E-state index contributed by atoms with van der Waals surface area (Å²) < 4.78 is 5.62. The molecule has 106 valence electrons. The Hall–Kier alpha value is -2.29. The van der Waals surface area contributed by atoms with Gasteiger partial charge in [-0.2, -0.15) is 0 Å². The molecule has 0 bridgehead atoms. The average Bonchev–Trinajstić information content (AvgIpc) is 2.98. The second-order valence-corrected chi connectivity index (χ2v) is 5.61. The van der Waals surface area contributed by atoms with Gasteiger partial charge in [-0.3, -0.25) is 4.79 Å². The number of ether oxygens (including phenoxy) is 1. The number of hydrogen-bond acceptors (Lipinski definition) is 2. The first-order valence-electron chi connectivity index (χ1n) is 7.48. The lowest BCUT2D eigenvalue weighted by Crippen LogP contribution is -2.29. The molecule has 0 unspecified atom stereocenters. The summed E-state index contributed by atoms with van der Waals surface area (Å²) in [6.07, 6.45) is 2.96. The number of carbonyl (C=O) groups is 1. The van der Waals surface area contributed by atoms with E-state index in [1.165, 1.54) is 5.56 Å². The largest absolute Gasteiger partial charge is 0.493 e. The number of amides is 1. The molecule has 3 nitrogen and oxygen atoms in total. The van der Waals surface area contributed by atoms with Gasteiger partial charge in [0.2, 0.25) is 0 Å². The molecule has 2 aliphatic heterocycles. The molecule has 2 aliphatic rings. The number of hydrogen-bond donors (Lipinski definition) is 0. The Labute approximate surface area is 124 Å². The third-order valence-electron chi connectivity index (χ3n) is 4.29. The third kappa shape index (κ3) is 2.09. The molecule has 0 aromatic heterocycles. The molecule has 0 N–H and O–H groups in total. The van der Waals surface area contributed by atoms with Gasteiger partial charge in [0.25, 0.3) is 5.91 Å². The molecule has 0 fully saturated rings. The molecule has 0 aliphatic carbocycles. The lowest BCUT2D eigenvalue weighted by molar-refractivity contribution is 0.0989. The van der Waals surface area contributed by atoms with E-state index in [2.05, 4.69) is 6.07 Å². The number of anilines is 1. The van der Waals surface area contributed by atoms with Gasteiger partial charge in [-0.1, -0.05) is 18.2 Å². The van der Waals surface area contributed by atoms with E-state index in [0.717, 1.165) is 55.0 Å². The minimum absolute atomic E-state index is 0.0910. The van der Waals surface area contributed by atoms with E-state index in [1.807, 2.05) is 41.3 Å². The average molecular weight is 279 g/mol. The summed E-state index contributed by atoms with van der Waals surface area (Å²) in [5.74, 6) is 1.02. The molecule has 3 heteroatoms. The van der Waals surface area contributed by atoms with Gasteiger partial charge < -0.3 is 9.64 Å². The van der Waals surface area contributed by atoms with E-state index in [9.17, 15) is 4.79 Å². The van der Waals surface area contributed by atoms with E-state index >= 15 is 0 Å². The first-order valence-corrected chi connectivity index (χ1v) is 7.48. The maximum atomic E-state index is 12.8. The van der Waals surface area contributed by atoms with Gasteiger partial charge in [0.05, 0.1) is 6.61 Å². The molecular weight excluding hydrogens is 262 g/mol. The van der Waals surface area contributed by atoms with E-state index in [-0.39, 0.29) is 5.91 Å². The summed E-state index contributed by atoms with van der Waals surface area (Å²) in [6, 6.07) is 14.0. The summed E-state index contributed by atoms with van der Waals surface area (Å²) in [5, 5.41) is 0. The molecule has 0 spiro atoms. The zero-order valence-corrected chi connectivity index (χ0v) is 11.8. The highest BCUT2D eigenvalue weighted by Gasteiger charge is 2.25. The van der Waals surface area contributed by atoms with E-state index < -0.39 is 0 Å². The van der Waals surface area contributed by atoms with Crippen LogP contribution in [0.4, 0.5) is 5.69 Å². The fourth-order valence-electron chi connectivity index (χ4n) is 3.20. The van der Waals surface area contributed by atoms with Gasteiger partial charge in [0, 0.05) is 17.8 Å². The summed E-state index contributed by atoms with van der Waals surface area (Å²) in [7, 11) is 0. The zero-order chi connectivity index (χ0) is 14.2. The Morgan fingerprint density at radius 1 is 1.05 bits per heavy atom. The highest BCUT2D eigenvalue weighted by Crippen LogP contribution is 2.31. The van der Waals surface area contributed by atoms with Crippen molar-refractivity contribution in [3.8, 4) is 5.75 Å². The molecule has 0 atom stereocenters. The Bertz CT molecular complexity index is 708. The lowest BCUT2D eigenvalue weighted by atomic mass is 10.0. The van der Waals surface area contributed by atoms with E-state index in [4.69, 9.17) is 4.74 Å². The minimum atomic E-state index is 0.0910. The summed E-state index contributed by atoms with van der Waals surface area (Å²) in [5.41, 5.74) is 4.22. The van der Waals surface area contributed by atoms with E-state index in [1.54, 1.807) is 0 Å². The second kappa shape index (κ2) is 4.92. The van der Waals surface area contributed by atoms with Gasteiger partial charge in [0.1, 0.15) is 5.75 Å². The van der Waals surface area contributed by atoms with Gasteiger partial charge >= 0.3 is 0 Å². The summed E-state index contributed by atoms with van der Waals surface area (Å²) >= 11 is 0. The van der Waals surface area contributed by atoms with Crippen LogP contribution in [0.2, 0.25) is 0 Å². The summed E-state index contributed by atoms with van der Waals surface area (Å²) in [6.45, 7) is 1.55. The topological polar surface area (TPSA) is 29.5 Å². The van der Waals surface area contributed by atoms with Crippen LogP contribution >= 0.6 is 0 Å². The molecule has 2 heterocycles. The minimum Gasteiger partial charge on any atom is -0.493 e. The van der Waals surface area contributed by atoms with Crippen molar-refractivity contribution in [2.24, 2.45) is 0 Å². The Balaban J connectivity index is 1.67. The van der Waals surface area contributed by atoms with Crippen molar-refractivity contribution in [2.45, 2.75) is 19.3 Å². The Morgan fingerprint density at radius 2 is 1.95 bits per heavy atom. The molecule has 1 amide bonds. The van der Waals surface area contributed by atoms with Crippen LogP contribution in [0.15, 0.2) is 42.5 Å². The molecule has 0 saturated heterocycles. The fourth-order valence-corrected chi connectivity index (χ4v) is 3.20. The number of benzene rings is 2. The number of fused-ring (bicyclic) bond motifs is 2. The van der Waals surface area contributed by atoms with Crippen molar-refractivity contribution in [2.75, 3.05) is 18.1 Å². The first kappa shape index (κ1) is 12.5. The van der Waals surface area contributed by atoms with Crippen molar-refractivity contribution in [1.82, 2.24) is 0 Å². The fraction of sp³-hybridized carbons (Fsp3) is 0.278. The normalized spacial score (nSPS) is 16.1. The van der Waals surface area contributed by atoms with Crippen molar-refractivity contribution in [3.63, 3.8) is 0 Å². The van der Waals surface area contributed by atoms with Gasteiger partial charge in [0.15, 0.2) is 0 Å². The van der Waals surface area contributed by atoms with Crippen molar-refractivity contribution in [3.05, 3.63) is 59.2 Å². The van der Waals surface area contributed by atoms with Crippen LogP contribution in [0.1, 0.15) is 27.9 Å². The smallest absolute Gasteiger partial charge is 0.258 e. The number of rotatable bonds is 1. The molecule has 0 radical (unpaired) electrons. The number of nitrogens with zero attached hydrogens (tertiary/aromatic N) is 1. The van der Waals surface area contributed by atoms with Crippen LogP contribution in [-0.4, -0.2) is 19.1 Å². The predicted molar refractivity (Wildman–Crippen MR) is 82.1 cm³/mol. The number of carbonyl (C=O) groups excluding carboxylic acids is 1. The predicted octanol–water partition coefficient (Wildman–Crippen LogP) is 3.21. The highest BCUT2D eigenvalue weighted by molar-refractivity contribution is 6.07. The van der Waals surface area contributed by atoms with Crippen molar-refractivity contribution in [1.29, 1.82) is 0 Å².